The van der Waals surface area contributed by atoms with Gasteiger partial charge in [-0.25, -0.2) is 4.98 Å². The van der Waals surface area contributed by atoms with Gasteiger partial charge in [0, 0.05) is 23.4 Å². The molecule has 0 aliphatic rings. The first kappa shape index (κ1) is 20.8. The number of amides is 1. The van der Waals surface area contributed by atoms with Crippen LogP contribution in [0.2, 0.25) is 0 Å². The first-order valence-electron chi connectivity index (χ1n) is 9.52. The summed E-state index contributed by atoms with van der Waals surface area (Å²) in [6.07, 6.45) is 2.98. The molecular weight excluding hydrogens is 386 g/mol. The van der Waals surface area contributed by atoms with E-state index in [4.69, 9.17) is 4.98 Å². The highest BCUT2D eigenvalue weighted by Gasteiger charge is 2.22. The lowest BCUT2D eigenvalue weighted by Crippen LogP contribution is -3.05. The lowest BCUT2D eigenvalue weighted by molar-refractivity contribution is -0.858. The smallest absolute Gasteiger partial charge is 0.260 e. The second-order valence-electron chi connectivity index (χ2n) is 7.35. The Kier molecular flexibility index (Phi) is 6.75. The van der Waals surface area contributed by atoms with Crippen molar-refractivity contribution in [1.29, 1.82) is 0 Å². The summed E-state index contributed by atoms with van der Waals surface area (Å²) >= 11 is 3.28. The fraction of sp³-hybridized carbons (Fsp3) is 0.364. The van der Waals surface area contributed by atoms with E-state index in [1.54, 1.807) is 23.1 Å². The van der Waals surface area contributed by atoms with Crippen molar-refractivity contribution in [3.63, 3.8) is 0 Å². The van der Waals surface area contributed by atoms with E-state index in [1.807, 2.05) is 35.4 Å². The SMILES string of the molecule is CSc1ccc(C(=O)N(CCC[NH+](C)C)c2nc3c(C)c(C)ccc3s2)cc1. The Hall–Kier alpha value is -1.89. The standard InChI is InChI=1S/C22H27N3OS2/c1-15-7-12-19-20(16(15)2)23-22(28-19)25(14-6-13-24(3)4)21(26)17-8-10-18(27-5)11-9-17/h7-12H,6,13-14H2,1-5H3/p+1. The van der Waals surface area contributed by atoms with Crippen LogP contribution in [0.25, 0.3) is 10.2 Å². The zero-order chi connectivity index (χ0) is 20.3. The van der Waals surface area contributed by atoms with Crippen LogP contribution in [0.3, 0.4) is 0 Å². The van der Waals surface area contributed by atoms with Gasteiger partial charge in [0.15, 0.2) is 5.13 Å². The third kappa shape index (κ3) is 4.57. The monoisotopic (exact) mass is 414 g/mol. The molecular formula is C22H28N3OS2+. The highest BCUT2D eigenvalue weighted by atomic mass is 32.2. The zero-order valence-electron chi connectivity index (χ0n) is 17.2. The van der Waals surface area contributed by atoms with E-state index in [-0.39, 0.29) is 5.91 Å². The molecule has 1 amide bonds. The predicted molar refractivity (Wildman–Crippen MR) is 121 cm³/mol. The predicted octanol–water partition coefficient (Wildman–Crippen LogP) is 3.82. The molecule has 0 radical (unpaired) electrons. The molecule has 0 unspecified atom stereocenters. The number of hydrogen-bond acceptors (Lipinski definition) is 4. The van der Waals surface area contributed by atoms with Crippen LogP contribution < -0.4 is 9.80 Å². The van der Waals surface area contributed by atoms with Crippen LogP contribution in [0.5, 0.6) is 0 Å². The minimum atomic E-state index is 0.0230. The highest BCUT2D eigenvalue weighted by Crippen LogP contribution is 2.32. The van der Waals surface area contributed by atoms with Gasteiger partial charge < -0.3 is 4.90 Å². The van der Waals surface area contributed by atoms with Gasteiger partial charge in [-0.2, -0.15) is 0 Å². The van der Waals surface area contributed by atoms with Crippen LogP contribution in [0.15, 0.2) is 41.3 Å². The maximum atomic E-state index is 13.3. The van der Waals surface area contributed by atoms with Gasteiger partial charge in [-0.3, -0.25) is 9.69 Å². The van der Waals surface area contributed by atoms with E-state index in [9.17, 15) is 4.79 Å². The number of hydrogen-bond donors (Lipinski definition) is 1. The van der Waals surface area contributed by atoms with Crippen LogP contribution in [-0.2, 0) is 0 Å². The normalized spacial score (nSPS) is 11.4. The number of fused-ring (bicyclic) bond motifs is 1. The Bertz CT molecular complexity index is 964. The van der Waals surface area contributed by atoms with Crippen LogP contribution in [-0.4, -0.2) is 44.3 Å². The Balaban J connectivity index is 1.96. The van der Waals surface area contributed by atoms with Crippen LogP contribution >= 0.6 is 23.1 Å². The molecule has 6 heteroatoms. The Labute approximate surface area is 175 Å². The lowest BCUT2D eigenvalue weighted by Gasteiger charge is -2.20. The first-order chi connectivity index (χ1) is 13.4. The molecule has 0 saturated carbocycles. The number of nitrogens with one attached hydrogen (secondary N) is 1. The van der Waals surface area contributed by atoms with Crippen LogP contribution in [0.4, 0.5) is 5.13 Å². The first-order valence-corrected chi connectivity index (χ1v) is 11.6. The summed E-state index contributed by atoms with van der Waals surface area (Å²) in [7, 11) is 4.27. The summed E-state index contributed by atoms with van der Waals surface area (Å²) in [5.41, 5.74) is 4.14. The number of anilines is 1. The molecule has 1 heterocycles. The molecule has 0 saturated heterocycles. The van der Waals surface area contributed by atoms with Crippen LogP contribution in [0, 0.1) is 13.8 Å². The number of aryl methyl sites for hydroxylation is 2. The molecule has 0 fully saturated rings. The van der Waals surface area contributed by atoms with Gasteiger partial charge >= 0.3 is 0 Å². The summed E-state index contributed by atoms with van der Waals surface area (Å²) in [5.74, 6) is 0.0230. The lowest BCUT2D eigenvalue weighted by atomic mass is 10.1. The highest BCUT2D eigenvalue weighted by molar-refractivity contribution is 7.98. The molecule has 2 aromatic carbocycles. The molecule has 1 aromatic heterocycles. The van der Waals surface area contributed by atoms with Gasteiger partial charge in [0.2, 0.25) is 0 Å². The molecule has 148 valence electrons. The fourth-order valence-corrected chi connectivity index (χ4v) is 4.55. The summed E-state index contributed by atoms with van der Waals surface area (Å²) in [6.45, 7) is 5.89. The van der Waals surface area contributed by atoms with E-state index in [2.05, 4.69) is 40.1 Å². The number of thioether (sulfide) groups is 1. The molecule has 28 heavy (non-hydrogen) atoms. The Morgan fingerprint density at radius 3 is 2.50 bits per heavy atom. The molecule has 0 spiro atoms. The fourth-order valence-electron chi connectivity index (χ4n) is 3.09. The van der Waals surface area contributed by atoms with Crippen molar-refractivity contribution < 1.29 is 9.69 Å². The molecule has 3 aromatic rings. The number of carbonyl (C=O) groups is 1. The maximum absolute atomic E-state index is 13.3. The maximum Gasteiger partial charge on any atom is 0.260 e. The van der Waals surface area contributed by atoms with E-state index in [0.29, 0.717) is 12.1 Å². The van der Waals surface area contributed by atoms with Gasteiger partial charge in [-0.1, -0.05) is 17.4 Å². The molecule has 3 rings (SSSR count). The van der Waals surface area contributed by atoms with Crippen molar-refractivity contribution in [3.05, 3.63) is 53.1 Å². The van der Waals surface area contributed by atoms with Gasteiger partial charge in [-0.15, -0.1) is 11.8 Å². The van der Waals surface area contributed by atoms with E-state index < -0.39 is 0 Å². The van der Waals surface area contributed by atoms with Crippen molar-refractivity contribution in [2.24, 2.45) is 0 Å². The third-order valence-corrected chi connectivity index (χ3v) is 6.73. The molecule has 0 aliphatic carbocycles. The summed E-state index contributed by atoms with van der Waals surface area (Å²) in [4.78, 5) is 22.6. The Morgan fingerprint density at radius 1 is 1.14 bits per heavy atom. The number of nitrogens with zero attached hydrogens (tertiary/aromatic N) is 2. The number of benzene rings is 2. The number of thiazole rings is 1. The van der Waals surface area contributed by atoms with Crippen molar-refractivity contribution >= 4 is 44.4 Å². The van der Waals surface area contributed by atoms with Gasteiger partial charge in [-0.05, 0) is 61.6 Å². The topological polar surface area (TPSA) is 37.6 Å². The minimum Gasteiger partial charge on any atom is -0.340 e. The number of aromatic nitrogens is 1. The summed E-state index contributed by atoms with van der Waals surface area (Å²) in [5, 5.41) is 0.788. The van der Waals surface area contributed by atoms with Gasteiger partial charge in [0.25, 0.3) is 5.91 Å². The summed E-state index contributed by atoms with van der Waals surface area (Å²) < 4.78 is 1.13. The summed E-state index contributed by atoms with van der Waals surface area (Å²) in [6, 6.07) is 12.1. The van der Waals surface area contributed by atoms with Crippen LogP contribution in [0.1, 0.15) is 27.9 Å². The Morgan fingerprint density at radius 2 is 1.86 bits per heavy atom. The van der Waals surface area contributed by atoms with Gasteiger partial charge in [0.05, 0.1) is 30.9 Å². The van der Waals surface area contributed by atoms with Gasteiger partial charge in [0.1, 0.15) is 0 Å². The molecule has 4 nitrogen and oxygen atoms in total. The molecule has 1 N–H and O–H groups in total. The quantitative estimate of drug-likeness (QED) is 0.597. The van der Waals surface area contributed by atoms with E-state index >= 15 is 0 Å². The molecule has 0 bridgehead atoms. The third-order valence-electron chi connectivity index (χ3n) is 4.95. The van der Waals surface area contributed by atoms with Crippen molar-refractivity contribution in [1.82, 2.24) is 4.98 Å². The average Bonchev–Trinajstić information content (AvgIpc) is 3.12. The minimum absolute atomic E-state index is 0.0230. The second-order valence-corrected chi connectivity index (χ2v) is 9.24. The zero-order valence-corrected chi connectivity index (χ0v) is 18.8. The van der Waals surface area contributed by atoms with Crippen molar-refractivity contribution in [3.8, 4) is 0 Å². The largest absolute Gasteiger partial charge is 0.340 e. The van der Waals surface area contributed by atoms with Crippen molar-refractivity contribution in [2.45, 2.75) is 25.2 Å². The number of carbonyl (C=O) groups excluding carboxylic acids is 1. The average molecular weight is 415 g/mol. The van der Waals surface area contributed by atoms with Crippen molar-refractivity contribution in [2.75, 3.05) is 38.3 Å². The number of rotatable bonds is 7. The second kappa shape index (κ2) is 9.07. The number of quaternary nitrogens is 1. The molecule has 0 atom stereocenters. The van der Waals surface area contributed by atoms with E-state index in [0.717, 1.165) is 33.2 Å². The molecule has 0 aliphatic heterocycles. The van der Waals surface area contributed by atoms with E-state index in [1.165, 1.54) is 16.0 Å².